The molecule has 0 aliphatic heterocycles. The number of pyridine rings is 1. The number of nitro groups is 1. The minimum absolute atomic E-state index is 0.139. The first-order valence-electron chi connectivity index (χ1n) is 4.95. The zero-order valence-corrected chi connectivity index (χ0v) is 11.5. The molecule has 0 atom stereocenters. The van der Waals surface area contributed by atoms with Crippen molar-refractivity contribution < 1.29 is 4.92 Å². The fourth-order valence-corrected chi connectivity index (χ4v) is 2.10. The maximum Gasteiger partial charge on any atom is 0.288 e. The predicted octanol–water partition coefficient (Wildman–Crippen LogP) is 4.20. The number of nitrogen functional groups attached to an aromatic ring is 1. The lowest BCUT2D eigenvalue weighted by atomic mass is 10.1. The summed E-state index contributed by atoms with van der Waals surface area (Å²) < 4.78 is 0. The molecule has 0 amide bonds. The van der Waals surface area contributed by atoms with E-state index in [1.807, 2.05) is 0 Å². The van der Waals surface area contributed by atoms with Gasteiger partial charge in [0.1, 0.15) is 12.0 Å². The Morgan fingerprint density at radius 3 is 2.26 bits per heavy atom. The average Bonchev–Trinajstić information content (AvgIpc) is 2.35. The Morgan fingerprint density at radius 2 is 1.74 bits per heavy atom. The molecule has 98 valence electrons. The SMILES string of the molecule is Nc1ncc([N+](=O)[O-])cc1-c1cc(Cl)c(Cl)c(Cl)c1. The lowest BCUT2D eigenvalue weighted by Crippen LogP contribution is -1.97. The number of nitrogens with zero attached hydrogens (tertiary/aromatic N) is 2. The zero-order chi connectivity index (χ0) is 14.2. The van der Waals surface area contributed by atoms with Gasteiger partial charge in [0.25, 0.3) is 5.69 Å². The third-order valence-electron chi connectivity index (χ3n) is 2.41. The van der Waals surface area contributed by atoms with Crippen LogP contribution in [0.5, 0.6) is 0 Å². The predicted molar refractivity (Wildman–Crippen MR) is 75.8 cm³/mol. The molecule has 2 aromatic rings. The molecule has 8 heteroatoms. The molecule has 0 saturated carbocycles. The highest BCUT2D eigenvalue weighted by Crippen LogP contribution is 2.37. The molecule has 0 radical (unpaired) electrons. The smallest absolute Gasteiger partial charge is 0.288 e. The van der Waals surface area contributed by atoms with Crippen molar-refractivity contribution in [1.82, 2.24) is 4.98 Å². The van der Waals surface area contributed by atoms with Gasteiger partial charge >= 0.3 is 0 Å². The van der Waals surface area contributed by atoms with Crippen molar-refractivity contribution >= 4 is 46.3 Å². The van der Waals surface area contributed by atoms with Gasteiger partial charge in [0.05, 0.1) is 20.0 Å². The van der Waals surface area contributed by atoms with Gasteiger partial charge in [0.2, 0.25) is 0 Å². The first-order valence-corrected chi connectivity index (χ1v) is 6.08. The third kappa shape index (κ3) is 2.73. The Balaban J connectivity index is 2.64. The molecule has 0 aliphatic rings. The van der Waals surface area contributed by atoms with Crippen molar-refractivity contribution in [1.29, 1.82) is 0 Å². The number of halogens is 3. The third-order valence-corrected chi connectivity index (χ3v) is 3.61. The van der Waals surface area contributed by atoms with Crippen molar-refractivity contribution in [2.24, 2.45) is 0 Å². The van der Waals surface area contributed by atoms with E-state index in [9.17, 15) is 10.1 Å². The Kier molecular flexibility index (Phi) is 3.80. The highest BCUT2D eigenvalue weighted by atomic mass is 35.5. The van der Waals surface area contributed by atoms with Crippen LogP contribution in [0.25, 0.3) is 11.1 Å². The normalized spacial score (nSPS) is 10.5. The molecule has 0 bridgehead atoms. The number of benzene rings is 1. The van der Waals surface area contributed by atoms with E-state index >= 15 is 0 Å². The summed E-state index contributed by atoms with van der Waals surface area (Å²) in [5, 5.41) is 11.4. The van der Waals surface area contributed by atoms with E-state index in [1.54, 1.807) is 0 Å². The van der Waals surface area contributed by atoms with Gasteiger partial charge in [-0.1, -0.05) is 34.8 Å². The van der Waals surface area contributed by atoms with Gasteiger partial charge in [-0.2, -0.15) is 0 Å². The number of hydrogen-bond donors (Lipinski definition) is 1. The van der Waals surface area contributed by atoms with Gasteiger partial charge in [0.15, 0.2) is 0 Å². The molecule has 0 fully saturated rings. The van der Waals surface area contributed by atoms with Gasteiger partial charge in [0, 0.05) is 11.6 Å². The number of nitrogens with two attached hydrogens (primary N) is 1. The fourth-order valence-electron chi connectivity index (χ4n) is 1.51. The van der Waals surface area contributed by atoms with Crippen LogP contribution in [0, 0.1) is 10.1 Å². The van der Waals surface area contributed by atoms with Crippen molar-refractivity contribution in [3.63, 3.8) is 0 Å². The Labute approximate surface area is 123 Å². The van der Waals surface area contributed by atoms with Crippen LogP contribution in [-0.4, -0.2) is 9.91 Å². The van der Waals surface area contributed by atoms with Crippen molar-refractivity contribution in [2.45, 2.75) is 0 Å². The van der Waals surface area contributed by atoms with Crippen LogP contribution in [0.3, 0.4) is 0 Å². The van der Waals surface area contributed by atoms with Crippen LogP contribution in [0.1, 0.15) is 0 Å². The standard InChI is InChI=1S/C11H6Cl3N3O2/c12-8-1-5(2-9(13)10(8)14)7-3-6(17(18)19)4-16-11(7)15/h1-4H,(H2,15,16). The van der Waals surface area contributed by atoms with Gasteiger partial charge in [-0.05, 0) is 17.7 Å². The second-order valence-corrected chi connectivity index (χ2v) is 4.83. The minimum atomic E-state index is -0.560. The molecule has 5 nitrogen and oxygen atoms in total. The molecule has 0 spiro atoms. The number of aromatic nitrogens is 1. The second-order valence-electron chi connectivity index (χ2n) is 3.64. The summed E-state index contributed by atoms with van der Waals surface area (Å²) in [5.41, 5.74) is 6.41. The number of hydrogen-bond acceptors (Lipinski definition) is 4. The van der Waals surface area contributed by atoms with E-state index in [2.05, 4.69) is 4.98 Å². The summed E-state index contributed by atoms with van der Waals surface area (Å²) in [7, 11) is 0. The molecule has 1 aromatic carbocycles. The monoisotopic (exact) mass is 317 g/mol. The van der Waals surface area contributed by atoms with Crippen LogP contribution in [0.15, 0.2) is 24.4 Å². The first-order chi connectivity index (χ1) is 8.90. The van der Waals surface area contributed by atoms with E-state index in [0.29, 0.717) is 11.1 Å². The largest absolute Gasteiger partial charge is 0.383 e. The van der Waals surface area contributed by atoms with Crippen molar-refractivity contribution in [2.75, 3.05) is 5.73 Å². The quantitative estimate of drug-likeness (QED) is 0.511. The number of rotatable bonds is 2. The van der Waals surface area contributed by atoms with Gasteiger partial charge in [-0.15, -0.1) is 0 Å². The van der Waals surface area contributed by atoms with Crippen LogP contribution in [0.2, 0.25) is 15.1 Å². The lowest BCUT2D eigenvalue weighted by molar-refractivity contribution is -0.385. The highest BCUT2D eigenvalue weighted by molar-refractivity contribution is 6.48. The summed E-state index contributed by atoms with van der Waals surface area (Å²) in [5.74, 6) is 0.139. The van der Waals surface area contributed by atoms with Gasteiger partial charge in [-0.25, -0.2) is 4.98 Å². The van der Waals surface area contributed by atoms with Crippen LogP contribution >= 0.6 is 34.8 Å². The second kappa shape index (κ2) is 5.21. The Morgan fingerprint density at radius 1 is 1.16 bits per heavy atom. The lowest BCUT2D eigenvalue weighted by Gasteiger charge is -2.07. The molecule has 1 aromatic heterocycles. The maximum atomic E-state index is 10.7. The van der Waals surface area contributed by atoms with Gasteiger partial charge in [-0.3, -0.25) is 10.1 Å². The first kappa shape index (κ1) is 13.9. The van der Waals surface area contributed by atoms with Crippen LogP contribution in [-0.2, 0) is 0 Å². The van der Waals surface area contributed by atoms with Crippen molar-refractivity contribution in [3.8, 4) is 11.1 Å². The molecule has 2 rings (SSSR count). The number of anilines is 1. The van der Waals surface area contributed by atoms with Gasteiger partial charge < -0.3 is 5.73 Å². The Bertz CT molecular complexity index is 653. The van der Waals surface area contributed by atoms with E-state index in [1.165, 1.54) is 18.2 Å². The summed E-state index contributed by atoms with van der Waals surface area (Å²) >= 11 is 17.7. The van der Waals surface area contributed by atoms with Crippen LogP contribution in [0.4, 0.5) is 11.5 Å². The minimum Gasteiger partial charge on any atom is -0.383 e. The molecular formula is C11H6Cl3N3O2. The molecule has 19 heavy (non-hydrogen) atoms. The maximum absolute atomic E-state index is 10.7. The molecule has 2 N–H and O–H groups in total. The van der Waals surface area contributed by atoms with E-state index in [4.69, 9.17) is 40.5 Å². The summed E-state index contributed by atoms with van der Waals surface area (Å²) in [6, 6.07) is 4.35. The molecule has 0 saturated heterocycles. The summed E-state index contributed by atoms with van der Waals surface area (Å²) in [4.78, 5) is 14.0. The molecule has 0 aliphatic carbocycles. The van der Waals surface area contributed by atoms with Crippen LogP contribution < -0.4 is 5.73 Å². The fraction of sp³-hybridized carbons (Fsp3) is 0. The highest BCUT2D eigenvalue weighted by Gasteiger charge is 2.14. The summed E-state index contributed by atoms with van der Waals surface area (Å²) in [6.45, 7) is 0. The average molecular weight is 319 g/mol. The zero-order valence-electron chi connectivity index (χ0n) is 9.23. The Hall–Kier alpha value is -1.56. The molecular weight excluding hydrogens is 312 g/mol. The molecule has 1 heterocycles. The van der Waals surface area contributed by atoms with E-state index in [0.717, 1.165) is 6.20 Å². The molecule has 0 unspecified atom stereocenters. The van der Waals surface area contributed by atoms with E-state index < -0.39 is 4.92 Å². The van der Waals surface area contributed by atoms with Crippen molar-refractivity contribution in [3.05, 3.63) is 49.6 Å². The van der Waals surface area contributed by atoms with E-state index in [-0.39, 0.29) is 26.6 Å². The topological polar surface area (TPSA) is 82.0 Å². The summed E-state index contributed by atoms with van der Waals surface area (Å²) in [6.07, 6.45) is 1.08.